The van der Waals surface area contributed by atoms with Crippen molar-refractivity contribution in [2.24, 2.45) is 0 Å². The van der Waals surface area contributed by atoms with Crippen LogP contribution in [0.1, 0.15) is 56.7 Å². The van der Waals surface area contributed by atoms with Gasteiger partial charge in [0.25, 0.3) is 0 Å². The first-order chi connectivity index (χ1) is 12.4. The number of rotatable bonds is 5. The standard InChI is InChI=1S/C21H26FNO2S.ClH/c1-3-5-14-21(4-2)15-26(24,25)19-13-9-7-11-17(19)20(23-21)16-10-6-8-12-18(16)22;/h6-13,20,23H,3-5,14-15H2,1-2H3;1H. The van der Waals surface area contributed by atoms with Crippen molar-refractivity contribution in [3.8, 4) is 0 Å². The van der Waals surface area contributed by atoms with Gasteiger partial charge in [-0.2, -0.15) is 0 Å². The van der Waals surface area contributed by atoms with Gasteiger partial charge in [-0.05, 0) is 30.5 Å². The number of unbranched alkanes of at least 4 members (excludes halogenated alkanes) is 1. The Morgan fingerprint density at radius 3 is 2.33 bits per heavy atom. The van der Waals surface area contributed by atoms with Crippen LogP contribution in [0.5, 0.6) is 0 Å². The predicted octanol–water partition coefficient (Wildman–Crippen LogP) is 5.05. The van der Waals surface area contributed by atoms with Crippen molar-refractivity contribution in [3.63, 3.8) is 0 Å². The summed E-state index contributed by atoms with van der Waals surface area (Å²) in [6.07, 6.45) is 3.33. The molecule has 1 heterocycles. The maximum absolute atomic E-state index is 14.6. The summed E-state index contributed by atoms with van der Waals surface area (Å²) in [5.74, 6) is -0.280. The van der Waals surface area contributed by atoms with E-state index >= 15 is 0 Å². The zero-order chi connectivity index (χ0) is 18.8. The molecule has 2 aromatic carbocycles. The summed E-state index contributed by atoms with van der Waals surface area (Å²) in [7, 11) is -3.47. The third kappa shape index (κ3) is 4.36. The highest BCUT2D eigenvalue weighted by Gasteiger charge is 2.42. The molecular weight excluding hydrogens is 385 g/mol. The van der Waals surface area contributed by atoms with Gasteiger partial charge in [-0.25, -0.2) is 12.8 Å². The summed E-state index contributed by atoms with van der Waals surface area (Å²) in [6.45, 7) is 4.10. The predicted molar refractivity (Wildman–Crippen MR) is 110 cm³/mol. The zero-order valence-electron chi connectivity index (χ0n) is 15.7. The molecule has 148 valence electrons. The highest BCUT2D eigenvalue weighted by atomic mass is 35.5. The molecule has 0 aliphatic carbocycles. The number of nitrogens with one attached hydrogen (secondary N) is 1. The Morgan fingerprint density at radius 2 is 1.70 bits per heavy atom. The second-order valence-corrected chi connectivity index (χ2v) is 9.09. The number of hydrogen-bond acceptors (Lipinski definition) is 3. The van der Waals surface area contributed by atoms with Crippen molar-refractivity contribution in [2.75, 3.05) is 5.75 Å². The van der Waals surface area contributed by atoms with Gasteiger partial charge in [0.05, 0.1) is 16.7 Å². The second-order valence-electron chi connectivity index (χ2n) is 7.13. The van der Waals surface area contributed by atoms with Crippen molar-refractivity contribution in [3.05, 3.63) is 65.5 Å². The Morgan fingerprint density at radius 1 is 1.07 bits per heavy atom. The molecule has 3 nitrogen and oxygen atoms in total. The highest BCUT2D eigenvalue weighted by molar-refractivity contribution is 7.91. The fourth-order valence-electron chi connectivity index (χ4n) is 3.86. The summed E-state index contributed by atoms with van der Waals surface area (Å²) in [6, 6.07) is 13.1. The van der Waals surface area contributed by atoms with Gasteiger partial charge in [-0.3, -0.25) is 5.32 Å². The first-order valence-electron chi connectivity index (χ1n) is 9.26. The Hall–Kier alpha value is -1.43. The van der Waals surface area contributed by atoms with Crippen LogP contribution in [-0.4, -0.2) is 19.7 Å². The molecule has 0 radical (unpaired) electrons. The fraction of sp³-hybridized carbons (Fsp3) is 0.429. The molecule has 0 saturated carbocycles. The molecule has 0 amide bonds. The lowest BCUT2D eigenvalue weighted by Crippen LogP contribution is -2.50. The Bertz CT molecular complexity index is 887. The van der Waals surface area contributed by atoms with Gasteiger partial charge in [-0.15, -0.1) is 12.4 Å². The lowest BCUT2D eigenvalue weighted by molar-refractivity contribution is 0.292. The lowest BCUT2D eigenvalue weighted by atomic mass is 9.88. The zero-order valence-corrected chi connectivity index (χ0v) is 17.4. The molecule has 6 heteroatoms. The van der Waals surface area contributed by atoms with E-state index in [0.717, 1.165) is 19.3 Å². The van der Waals surface area contributed by atoms with E-state index in [4.69, 9.17) is 0 Å². The van der Waals surface area contributed by atoms with Gasteiger partial charge < -0.3 is 0 Å². The third-order valence-corrected chi connectivity index (χ3v) is 7.36. The molecule has 0 saturated heterocycles. The van der Waals surface area contributed by atoms with Crippen LogP contribution in [0, 0.1) is 5.82 Å². The molecule has 27 heavy (non-hydrogen) atoms. The largest absolute Gasteiger partial charge is 0.300 e. The van der Waals surface area contributed by atoms with Gasteiger partial charge in [0.15, 0.2) is 9.84 Å². The summed E-state index contributed by atoms with van der Waals surface area (Å²) < 4.78 is 40.9. The molecule has 2 aromatic rings. The van der Waals surface area contributed by atoms with E-state index in [-0.39, 0.29) is 24.0 Å². The molecule has 1 aliphatic rings. The summed E-state index contributed by atoms with van der Waals surface area (Å²) in [5, 5.41) is 3.56. The topological polar surface area (TPSA) is 46.2 Å². The maximum Gasteiger partial charge on any atom is 0.180 e. The Balaban J connectivity index is 0.00000261. The van der Waals surface area contributed by atoms with Crippen molar-refractivity contribution >= 4 is 22.2 Å². The Labute approximate surface area is 167 Å². The van der Waals surface area contributed by atoms with Crippen LogP contribution in [-0.2, 0) is 9.84 Å². The summed E-state index contributed by atoms with van der Waals surface area (Å²) in [4.78, 5) is 0.313. The van der Waals surface area contributed by atoms with E-state index < -0.39 is 21.4 Å². The minimum atomic E-state index is -3.47. The second kappa shape index (κ2) is 8.72. The molecule has 0 aromatic heterocycles. The molecule has 2 unspecified atom stereocenters. The van der Waals surface area contributed by atoms with E-state index in [1.807, 2.05) is 13.0 Å². The highest BCUT2D eigenvalue weighted by Crippen LogP contribution is 2.38. The fourth-order valence-corrected chi connectivity index (χ4v) is 6.01. The maximum atomic E-state index is 14.6. The number of hydrogen-bond donors (Lipinski definition) is 1. The van der Waals surface area contributed by atoms with Crippen LogP contribution in [0.2, 0.25) is 0 Å². The van der Waals surface area contributed by atoms with Crippen LogP contribution in [0.3, 0.4) is 0 Å². The average Bonchev–Trinajstić information content (AvgIpc) is 2.74. The smallest absolute Gasteiger partial charge is 0.180 e. The molecule has 0 spiro atoms. The molecule has 1 N–H and O–H groups in total. The van der Waals surface area contributed by atoms with Crippen molar-refractivity contribution in [1.82, 2.24) is 5.32 Å². The summed E-state index contributed by atoms with van der Waals surface area (Å²) in [5.41, 5.74) is 0.552. The molecular formula is C21H27ClFNO2S. The molecule has 0 fully saturated rings. The van der Waals surface area contributed by atoms with Gasteiger partial charge in [0.1, 0.15) is 5.82 Å². The lowest BCUT2D eigenvalue weighted by Gasteiger charge is -2.36. The van der Waals surface area contributed by atoms with Gasteiger partial charge >= 0.3 is 0 Å². The van der Waals surface area contributed by atoms with Crippen LogP contribution in [0.25, 0.3) is 0 Å². The van der Waals surface area contributed by atoms with Crippen molar-refractivity contribution in [1.29, 1.82) is 0 Å². The van der Waals surface area contributed by atoms with Crippen molar-refractivity contribution in [2.45, 2.75) is 56.0 Å². The number of sulfone groups is 1. The quantitative estimate of drug-likeness (QED) is 0.748. The SMILES string of the molecule is CCCCC1(CC)CS(=O)(=O)c2ccccc2C(c2ccccc2F)N1.Cl. The van der Waals surface area contributed by atoms with E-state index in [1.54, 1.807) is 36.4 Å². The summed E-state index contributed by atoms with van der Waals surface area (Å²) >= 11 is 0. The first-order valence-corrected chi connectivity index (χ1v) is 10.9. The van der Waals surface area contributed by atoms with E-state index in [2.05, 4.69) is 12.2 Å². The first kappa shape index (κ1) is 21.9. The van der Waals surface area contributed by atoms with Crippen LogP contribution < -0.4 is 5.32 Å². The minimum Gasteiger partial charge on any atom is -0.300 e. The molecule has 0 bridgehead atoms. The monoisotopic (exact) mass is 411 g/mol. The Kier molecular flexibility index (Phi) is 7.06. The van der Waals surface area contributed by atoms with E-state index in [9.17, 15) is 12.8 Å². The average molecular weight is 412 g/mol. The van der Waals surface area contributed by atoms with Crippen molar-refractivity contribution < 1.29 is 12.8 Å². The van der Waals surface area contributed by atoms with Crippen LogP contribution in [0.4, 0.5) is 4.39 Å². The van der Waals surface area contributed by atoms with Gasteiger partial charge in [0, 0.05) is 11.1 Å². The minimum absolute atomic E-state index is 0. The third-order valence-electron chi connectivity index (χ3n) is 5.38. The molecule has 2 atom stereocenters. The molecule has 3 rings (SSSR count). The number of benzene rings is 2. The van der Waals surface area contributed by atoms with Crippen LogP contribution in [0.15, 0.2) is 53.4 Å². The molecule has 1 aliphatic heterocycles. The number of fused-ring (bicyclic) bond motifs is 1. The number of halogens is 2. The van der Waals surface area contributed by atoms with Gasteiger partial charge in [0.2, 0.25) is 0 Å². The van der Waals surface area contributed by atoms with E-state index in [1.165, 1.54) is 6.07 Å². The normalized spacial score (nSPS) is 23.7. The van der Waals surface area contributed by atoms with Gasteiger partial charge in [-0.1, -0.05) is 63.1 Å². The van der Waals surface area contributed by atoms with Crippen LogP contribution >= 0.6 is 12.4 Å². The van der Waals surface area contributed by atoms with E-state index in [0.29, 0.717) is 22.4 Å².